The van der Waals surface area contributed by atoms with Crippen LogP contribution in [-0.4, -0.2) is 56.0 Å². The third-order valence-electron chi connectivity index (χ3n) is 4.23. The highest BCUT2D eigenvalue weighted by atomic mass is 32.1. The van der Waals surface area contributed by atoms with E-state index >= 15 is 0 Å². The second-order valence-corrected chi connectivity index (χ2v) is 6.57. The van der Waals surface area contributed by atoms with Gasteiger partial charge in [0.05, 0.1) is 0 Å². The maximum Gasteiger partial charge on any atom is 0.414 e. The lowest BCUT2D eigenvalue weighted by atomic mass is 9.93. The summed E-state index contributed by atoms with van der Waals surface area (Å²) in [6, 6.07) is 0. The molecule has 4 rings (SSSR count). The van der Waals surface area contributed by atoms with Gasteiger partial charge in [0, 0.05) is 24.9 Å². The minimum Gasteiger partial charge on any atom is -0.473 e. The normalized spacial score (nSPS) is 29.8. The van der Waals surface area contributed by atoms with Crippen LogP contribution in [0.15, 0.2) is 0 Å². The molecule has 1 aromatic rings. The van der Waals surface area contributed by atoms with Gasteiger partial charge in [-0.05, 0) is 43.3 Å². The van der Waals surface area contributed by atoms with Gasteiger partial charge in [-0.2, -0.15) is 4.37 Å². The van der Waals surface area contributed by atoms with Gasteiger partial charge in [0.1, 0.15) is 10.8 Å². The van der Waals surface area contributed by atoms with Gasteiger partial charge < -0.3 is 15.1 Å². The summed E-state index contributed by atoms with van der Waals surface area (Å²) in [7, 11) is 0. The molecule has 3 unspecified atom stereocenters. The highest BCUT2D eigenvalue weighted by molar-refractivity contribution is 7.05. The van der Waals surface area contributed by atoms with E-state index in [1.165, 1.54) is 43.9 Å². The Labute approximate surface area is 125 Å². The second-order valence-electron chi connectivity index (χ2n) is 5.79. The van der Waals surface area contributed by atoms with Crippen molar-refractivity contribution in [2.45, 2.75) is 31.1 Å². The van der Waals surface area contributed by atoms with Crippen LogP contribution in [0.1, 0.15) is 41.9 Å². The number of rotatable bonds is 2. The van der Waals surface area contributed by atoms with E-state index in [0.29, 0.717) is 11.8 Å². The first-order chi connectivity index (χ1) is 10.0. The van der Waals surface area contributed by atoms with E-state index in [1.807, 2.05) is 0 Å². The number of hydrogen-bond donors (Lipinski definition) is 2. The predicted octanol–water partition coefficient (Wildman–Crippen LogP) is 0.990. The van der Waals surface area contributed by atoms with Crippen LogP contribution < -0.4 is 0 Å². The highest BCUT2D eigenvalue weighted by Gasteiger charge is 2.41. The molecule has 21 heavy (non-hydrogen) atoms. The van der Waals surface area contributed by atoms with Crippen molar-refractivity contribution in [3.05, 3.63) is 10.8 Å². The summed E-state index contributed by atoms with van der Waals surface area (Å²) in [5.74, 6) is -0.194. The summed E-state index contributed by atoms with van der Waals surface area (Å²) in [6.45, 7) is 3.86. The lowest BCUT2D eigenvalue weighted by Crippen LogP contribution is -2.22. The van der Waals surface area contributed by atoms with Gasteiger partial charge in [-0.1, -0.05) is 0 Å². The van der Waals surface area contributed by atoms with Crippen molar-refractivity contribution in [1.29, 1.82) is 0 Å². The van der Waals surface area contributed by atoms with Crippen molar-refractivity contribution in [2.24, 2.45) is 5.92 Å². The largest absolute Gasteiger partial charge is 0.473 e. The number of piperidine rings is 1. The molecule has 2 saturated heterocycles. The molecule has 1 saturated carbocycles. The van der Waals surface area contributed by atoms with Gasteiger partial charge in [0.15, 0.2) is 0 Å². The van der Waals surface area contributed by atoms with Crippen LogP contribution in [-0.2, 0) is 9.59 Å². The van der Waals surface area contributed by atoms with Gasteiger partial charge in [0.25, 0.3) is 0 Å². The zero-order valence-electron chi connectivity index (χ0n) is 11.4. The summed E-state index contributed by atoms with van der Waals surface area (Å²) in [5, 5.41) is 16.1. The summed E-state index contributed by atoms with van der Waals surface area (Å²) in [6.07, 6.45) is 4.01. The first-order valence-corrected chi connectivity index (χ1v) is 7.84. The van der Waals surface area contributed by atoms with E-state index in [4.69, 9.17) is 24.8 Å². The second kappa shape index (κ2) is 5.69. The lowest BCUT2D eigenvalue weighted by molar-refractivity contribution is -0.159. The summed E-state index contributed by atoms with van der Waals surface area (Å²) in [4.78, 5) is 25.5. The van der Waals surface area contributed by atoms with Gasteiger partial charge in [-0.3, -0.25) is 0 Å². The molecule has 2 aliphatic heterocycles. The van der Waals surface area contributed by atoms with Crippen molar-refractivity contribution >= 4 is 23.5 Å². The quantitative estimate of drug-likeness (QED) is 0.785. The van der Waals surface area contributed by atoms with Crippen LogP contribution in [0.5, 0.6) is 0 Å². The Balaban J connectivity index is 0.000000192. The van der Waals surface area contributed by atoms with Crippen molar-refractivity contribution < 1.29 is 19.8 Å². The zero-order chi connectivity index (χ0) is 15.0. The molecule has 0 amide bonds. The van der Waals surface area contributed by atoms with Crippen LogP contribution >= 0.6 is 11.5 Å². The van der Waals surface area contributed by atoms with Crippen molar-refractivity contribution in [3.8, 4) is 0 Å². The SMILES string of the molecule is C1CC1c1nsc(C2CN3CCC2C3)n1.O=C(O)C(=O)O. The number of carboxylic acid groups (broad SMARTS) is 2. The Kier molecular flexibility index (Phi) is 3.90. The molecule has 0 radical (unpaired) electrons. The topological polar surface area (TPSA) is 104 Å². The van der Waals surface area contributed by atoms with Crippen LogP contribution in [0.3, 0.4) is 0 Å². The molecule has 3 atom stereocenters. The molecule has 1 aromatic heterocycles. The number of aliphatic carboxylic acids is 2. The fourth-order valence-corrected chi connectivity index (χ4v) is 3.88. The number of hydrogen-bond acceptors (Lipinski definition) is 6. The summed E-state index contributed by atoms with van der Waals surface area (Å²) >= 11 is 1.67. The zero-order valence-corrected chi connectivity index (χ0v) is 12.3. The number of fused-ring (bicyclic) bond motifs is 2. The first-order valence-electron chi connectivity index (χ1n) is 7.06. The summed E-state index contributed by atoms with van der Waals surface area (Å²) < 4.78 is 4.52. The first kappa shape index (κ1) is 14.4. The Hall–Kier alpha value is -1.54. The van der Waals surface area contributed by atoms with Gasteiger partial charge in [0.2, 0.25) is 0 Å². The number of aromatic nitrogens is 2. The van der Waals surface area contributed by atoms with Crippen molar-refractivity contribution in [3.63, 3.8) is 0 Å². The van der Waals surface area contributed by atoms with E-state index in [0.717, 1.165) is 11.7 Å². The van der Waals surface area contributed by atoms with E-state index < -0.39 is 11.9 Å². The molecule has 2 N–H and O–H groups in total. The fraction of sp³-hybridized carbons (Fsp3) is 0.692. The molecule has 0 spiro atoms. The molecule has 0 aromatic carbocycles. The standard InChI is InChI=1S/C11H15N3S.C2H2O4/c1-2-7(1)10-12-11(15-13-10)9-6-14-4-3-8(9)5-14;3-1(4)2(5)6/h7-9H,1-6H2;(H,3,4)(H,5,6). The van der Waals surface area contributed by atoms with Gasteiger partial charge in [-0.25, -0.2) is 14.6 Å². The number of nitrogens with zero attached hydrogens (tertiary/aromatic N) is 3. The van der Waals surface area contributed by atoms with Crippen molar-refractivity contribution in [1.82, 2.24) is 14.3 Å². The minimum atomic E-state index is -1.82. The molecule has 3 heterocycles. The third kappa shape index (κ3) is 3.21. The molecule has 8 heteroatoms. The molecule has 7 nitrogen and oxygen atoms in total. The van der Waals surface area contributed by atoms with E-state index in [1.54, 1.807) is 11.5 Å². The lowest BCUT2D eigenvalue weighted by Gasteiger charge is -2.19. The van der Waals surface area contributed by atoms with Crippen LogP contribution in [0.2, 0.25) is 0 Å². The predicted molar refractivity (Wildman–Crippen MR) is 74.4 cm³/mol. The maximum absolute atomic E-state index is 9.10. The van der Waals surface area contributed by atoms with Crippen LogP contribution in [0.4, 0.5) is 0 Å². The molecule has 114 valence electrons. The van der Waals surface area contributed by atoms with Gasteiger partial charge in [-0.15, -0.1) is 0 Å². The summed E-state index contributed by atoms with van der Waals surface area (Å²) in [5.41, 5.74) is 0. The van der Waals surface area contributed by atoms with Crippen LogP contribution in [0.25, 0.3) is 0 Å². The Morgan fingerprint density at radius 1 is 1.14 bits per heavy atom. The average Bonchev–Trinajstić information content (AvgIpc) is 2.91. The molecule has 3 fully saturated rings. The average molecular weight is 311 g/mol. The Morgan fingerprint density at radius 2 is 1.86 bits per heavy atom. The smallest absolute Gasteiger partial charge is 0.414 e. The molecular weight excluding hydrogens is 294 g/mol. The number of carbonyl (C=O) groups is 2. The van der Waals surface area contributed by atoms with Gasteiger partial charge >= 0.3 is 11.9 Å². The minimum absolute atomic E-state index is 0.712. The fourth-order valence-electron chi connectivity index (χ4n) is 2.97. The monoisotopic (exact) mass is 311 g/mol. The van der Waals surface area contributed by atoms with E-state index in [9.17, 15) is 0 Å². The van der Waals surface area contributed by atoms with Crippen LogP contribution in [0, 0.1) is 5.92 Å². The molecular formula is C13H17N3O4S. The third-order valence-corrected chi connectivity index (χ3v) is 5.09. The molecule has 3 aliphatic rings. The molecule has 2 bridgehead atoms. The highest BCUT2D eigenvalue weighted by Crippen LogP contribution is 2.43. The number of carboxylic acids is 2. The van der Waals surface area contributed by atoms with Crippen molar-refractivity contribution in [2.75, 3.05) is 19.6 Å². The Morgan fingerprint density at radius 3 is 2.33 bits per heavy atom. The van der Waals surface area contributed by atoms with E-state index in [2.05, 4.69) is 9.27 Å². The Bertz CT molecular complexity index is 545. The maximum atomic E-state index is 9.10. The molecule has 1 aliphatic carbocycles. The van der Waals surface area contributed by atoms with E-state index in [-0.39, 0.29) is 0 Å².